The zero-order chi connectivity index (χ0) is 13.1. The number of hydrogen-bond donors (Lipinski definition) is 1. The predicted molar refractivity (Wildman–Crippen MR) is 82.1 cm³/mol. The Morgan fingerprint density at radius 3 is 2.78 bits per heavy atom. The first-order valence-electron chi connectivity index (χ1n) is 6.74. The summed E-state index contributed by atoms with van der Waals surface area (Å²) in [7, 11) is 2.06. The fourth-order valence-corrected chi connectivity index (χ4v) is 4.11. The van der Waals surface area contributed by atoms with Crippen molar-refractivity contribution in [1.29, 1.82) is 0 Å². The van der Waals surface area contributed by atoms with Crippen LogP contribution in [-0.2, 0) is 0 Å². The van der Waals surface area contributed by atoms with Crippen molar-refractivity contribution in [3.63, 3.8) is 0 Å². The lowest BCUT2D eigenvalue weighted by atomic mass is 9.77. The van der Waals surface area contributed by atoms with Gasteiger partial charge in [-0.25, -0.2) is 0 Å². The van der Waals surface area contributed by atoms with Gasteiger partial charge in [-0.2, -0.15) is 0 Å². The highest BCUT2D eigenvalue weighted by Gasteiger charge is 2.27. The summed E-state index contributed by atoms with van der Waals surface area (Å²) in [5.41, 5.74) is 1.33. The predicted octanol–water partition coefficient (Wildman–Crippen LogP) is 5.19. The molecule has 3 atom stereocenters. The van der Waals surface area contributed by atoms with Crippen molar-refractivity contribution in [3.05, 3.63) is 33.3 Å². The average molecular weight is 331 g/mol. The molecule has 1 N–H and O–H groups in total. The van der Waals surface area contributed by atoms with E-state index in [2.05, 4.69) is 41.3 Å². The van der Waals surface area contributed by atoms with Gasteiger partial charge in [0.2, 0.25) is 0 Å². The maximum Gasteiger partial charge on any atom is 0.0417 e. The molecule has 0 aromatic heterocycles. The summed E-state index contributed by atoms with van der Waals surface area (Å²) < 4.78 is 1.12. The van der Waals surface area contributed by atoms with E-state index in [4.69, 9.17) is 11.6 Å². The fourth-order valence-electron chi connectivity index (χ4n) is 3.18. The van der Waals surface area contributed by atoms with Crippen molar-refractivity contribution in [3.8, 4) is 0 Å². The summed E-state index contributed by atoms with van der Waals surface area (Å²) >= 11 is 9.67. The van der Waals surface area contributed by atoms with E-state index in [0.29, 0.717) is 6.04 Å². The highest BCUT2D eigenvalue weighted by molar-refractivity contribution is 9.10. The molecule has 1 fully saturated rings. The quantitative estimate of drug-likeness (QED) is 0.804. The molecule has 3 heteroatoms. The number of hydrogen-bond acceptors (Lipinski definition) is 1. The number of nitrogens with one attached hydrogen (secondary N) is 1. The molecule has 1 aromatic carbocycles. The SMILES string of the molecule is CNC(c1ccc(Cl)cc1Br)C1CCCC(C)C1. The summed E-state index contributed by atoms with van der Waals surface area (Å²) in [6.07, 6.45) is 5.38. The zero-order valence-corrected chi connectivity index (χ0v) is 13.4. The van der Waals surface area contributed by atoms with E-state index >= 15 is 0 Å². The lowest BCUT2D eigenvalue weighted by molar-refractivity contribution is 0.229. The summed E-state index contributed by atoms with van der Waals surface area (Å²) in [6.45, 7) is 2.37. The first kappa shape index (κ1) is 14.4. The molecule has 1 nitrogen and oxygen atoms in total. The molecule has 2 rings (SSSR count). The zero-order valence-electron chi connectivity index (χ0n) is 11.0. The average Bonchev–Trinajstić information content (AvgIpc) is 2.33. The Bertz CT molecular complexity index is 407. The van der Waals surface area contributed by atoms with Crippen molar-refractivity contribution < 1.29 is 0 Å². The van der Waals surface area contributed by atoms with Crippen molar-refractivity contribution in [2.24, 2.45) is 11.8 Å². The molecule has 100 valence electrons. The van der Waals surface area contributed by atoms with Crippen LogP contribution < -0.4 is 5.32 Å². The molecular formula is C15H21BrClN. The van der Waals surface area contributed by atoms with Crippen molar-refractivity contribution >= 4 is 27.5 Å². The van der Waals surface area contributed by atoms with E-state index in [0.717, 1.165) is 21.3 Å². The Hall–Kier alpha value is -0.0500. The molecule has 0 aliphatic heterocycles. The van der Waals surface area contributed by atoms with Crippen molar-refractivity contribution in [1.82, 2.24) is 5.32 Å². The molecule has 0 saturated heterocycles. The summed E-state index contributed by atoms with van der Waals surface area (Å²) in [5, 5.41) is 4.29. The van der Waals surface area contributed by atoms with Gasteiger partial charge in [0.1, 0.15) is 0 Å². The molecule has 0 bridgehead atoms. The lowest BCUT2D eigenvalue weighted by Crippen LogP contribution is -2.29. The van der Waals surface area contributed by atoms with Gasteiger partial charge in [0, 0.05) is 15.5 Å². The standard InChI is InChI=1S/C15H21BrClN/c1-10-4-3-5-11(8-10)15(18-2)13-7-6-12(17)9-14(13)16/h6-7,9-11,15,18H,3-5,8H2,1-2H3. The molecule has 0 radical (unpaired) electrons. The Kier molecular flexibility index (Phi) is 5.11. The van der Waals surface area contributed by atoms with Crippen LogP contribution in [-0.4, -0.2) is 7.05 Å². The third-order valence-electron chi connectivity index (χ3n) is 4.06. The minimum absolute atomic E-state index is 0.430. The summed E-state index contributed by atoms with van der Waals surface area (Å²) in [6, 6.07) is 6.55. The highest BCUT2D eigenvalue weighted by Crippen LogP contribution is 2.39. The van der Waals surface area contributed by atoms with Gasteiger partial charge in [-0.15, -0.1) is 0 Å². The normalized spacial score (nSPS) is 26.0. The third-order valence-corrected chi connectivity index (χ3v) is 4.98. The third kappa shape index (κ3) is 3.28. The van der Waals surface area contributed by atoms with Crippen molar-refractivity contribution in [2.45, 2.75) is 38.6 Å². The molecule has 1 aliphatic carbocycles. The van der Waals surface area contributed by atoms with Crippen LogP contribution in [0.15, 0.2) is 22.7 Å². The second-order valence-electron chi connectivity index (χ2n) is 5.46. The van der Waals surface area contributed by atoms with Crippen LogP contribution in [0.3, 0.4) is 0 Å². The number of rotatable bonds is 3. The Labute approximate surface area is 123 Å². The minimum atomic E-state index is 0.430. The highest BCUT2D eigenvalue weighted by atomic mass is 79.9. The molecule has 18 heavy (non-hydrogen) atoms. The Balaban J connectivity index is 2.21. The van der Waals surface area contributed by atoms with Gasteiger partial charge in [-0.05, 0) is 49.4 Å². The lowest BCUT2D eigenvalue weighted by Gasteiger charge is -2.34. The van der Waals surface area contributed by atoms with Crippen LogP contribution in [0.1, 0.15) is 44.2 Å². The van der Waals surface area contributed by atoms with E-state index in [9.17, 15) is 0 Å². The number of benzene rings is 1. The smallest absolute Gasteiger partial charge is 0.0417 e. The van der Waals surface area contributed by atoms with Gasteiger partial charge in [-0.3, -0.25) is 0 Å². The van der Waals surface area contributed by atoms with Crippen molar-refractivity contribution in [2.75, 3.05) is 7.05 Å². The molecule has 1 aliphatic rings. The van der Waals surface area contributed by atoms with Gasteiger partial charge >= 0.3 is 0 Å². The minimum Gasteiger partial charge on any atom is -0.313 e. The van der Waals surface area contributed by atoms with Crippen LogP contribution in [0.4, 0.5) is 0 Å². The summed E-state index contributed by atoms with van der Waals surface area (Å²) in [5.74, 6) is 1.59. The molecule has 3 unspecified atom stereocenters. The van der Waals surface area contributed by atoms with E-state index in [1.807, 2.05) is 12.1 Å². The van der Waals surface area contributed by atoms with E-state index in [-0.39, 0.29) is 0 Å². The van der Waals surface area contributed by atoms with Gasteiger partial charge < -0.3 is 5.32 Å². The first-order chi connectivity index (χ1) is 8.61. The molecular weight excluding hydrogens is 310 g/mol. The van der Waals surface area contributed by atoms with Gasteiger partial charge in [0.15, 0.2) is 0 Å². The van der Waals surface area contributed by atoms with Crippen LogP contribution >= 0.6 is 27.5 Å². The van der Waals surface area contributed by atoms with Gasteiger partial charge in [0.25, 0.3) is 0 Å². The molecule has 0 heterocycles. The van der Waals surface area contributed by atoms with E-state index in [1.54, 1.807) is 0 Å². The molecule has 1 aromatic rings. The summed E-state index contributed by atoms with van der Waals surface area (Å²) in [4.78, 5) is 0. The van der Waals surface area contributed by atoms with Gasteiger partial charge in [-0.1, -0.05) is 53.4 Å². The Morgan fingerprint density at radius 1 is 1.39 bits per heavy atom. The topological polar surface area (TPSA) is 12.0 Å². The Morgan fingerprint density at radius 2 is 2.17 bits per heavy atom. The first-order valence-corrected chi connectivity index (χ1v) is 7.91. The van der Waals surface area contributed by atoms with Crippen LogP contribution in [0.25, 0.3) is 0 Å². The van der Waals surface area contributed by atoms with Crippen LogP contribution in [0.5, 0.6) is 0 Å². The van der Waals surface area contributed by atoms with Gasteiger partial charge in [0.05, 0.1) is 0 Å². The second kappa shape index (κ2) is 6.40. The van der Waals surface area contributed by atoms with Crippen LogP contribution in [0.2, 0.25) is 5.02 Å². The monoisotopic (exact) mass is 329 g/mol. The maximum absolute atomic E-state index is 6.02. The number of halogens is 2. The molecule has 1 saturated carbocycles. The fraction of sp³-hybridized carbons (Fsp3) is 0.600. The van der Waals surface area contributed by atoms with E-state index in [1.165, 1.54) is 31.2 Å². The largest absolute Gasteiger partial charge is 0.313 e. The van der Waals surface area contributed by atoms with Crippen LogP contribution in [0, 0.1) is 11.8 Å². The maximum atomic E-state index is 6.02. The molecule has 0 amide bonds. The second-order valence-corrected chi connectivity index (χ2v) is 6.75. The molecule has 0 spiro atoms. The van der Waals surface area contributed by atoms with E-state index < -0.39 is 0 Å².